The Morgan fingerprint density at radius 3 is 2.50 bits per heavy atom. The minimum atomic E-state index is -0.106. The second-order valence-corrected chi connectivity index (χ2v) is 11.8. The Hall–Kier alpha value is -0.560. The van der Waals surface area contributed by atoms with Crippen LogP contribution in [-0.2, 0) is 0 Å². The molecule has 1 nitrogen and oxygen atoms in total. The lowest BCUT2D eigenvalue weighted by Crippen LogP contribution is -2.46. The molecule has 0 aromatic rings. The van der Waals surface area contributed by atoms with Crippen molar-refractivity contribution in [2.75, 3.05) is 0 Å². The van der Waals surface area contributed by atoms with Crippen molar-refractivity contribution in [2.24, 2.45) is 40.4 Å². The van der Waals surface area contributed by atoms with Crippen LogP contribution in [0.15, 0.2) is 23.3 Å². The third-order valence-corrected chi connectivity index (χ3v) is 9.75. The van der Waals surface area contributed by atoms with Gasteiger partial charge in [0.2, 0.25) is 0 Å². The second kappa shape index (κ2) is 7.60. The second-order valence-electron chi connectivity index (χ2n) is 11.8. The van der Waals surface area contributed by atoms with Gasteiger partial charge in [-0.1, -0.05) is 77.2 Å². The van der Waals surface area contributed by atoms with Gasteiger partial charge in [-0.15, -0.1) is 0 Å². The number of aliphatic hydroxyl groups excluding tert-OH is 1. The lowest BCUT2D eigenvalue weighted by molar-refractivity contribution is 0.0323. The van der Waals surface area contributed by atoms with E-state index in [1.165, 1.54) is 51.4 Å². The summed E-state index contributed by atoms with van der Waals surface area (Å²) in [5.74, 6) is 4.19. The quantitative estimate of drug-likeness (QED) is 0.527. The fourth-order valence-corrected chi connectivity index (χ4v) is 8.01. The molecule has 1 heteroatoms. The van der Waals surface area contributed by atoms with Crippen molar-refractivity contribution < 1.29 is 5.11 Å². The van der Waals surface area contributed by atoms with Crippen molar-refractivity contribution in [1.29, 1.82) is 0 Å². The Balaban J connectivity index is 1.53. The molecule has 28 heavy (non-hydrogen) atoms. The summed E-state index contributed by atoms with van der Waals surface area (Å²) < 4.78 is 0. The molecule has 0 heterocycles. The van der Waals surface area contributed by atoms with Gasteiger partial charge in [-0.2, -0.15) is 0 Å². The van der Waals surface area contributed by atoms with E-state index in [1.807, 2.05) is 0 Å². The van der Waals surface area contributed by atoms with Crippen LogP contribution in [0.3, 0.4) is 0 Å². The molecule has 0 unspecified atom stereocenters. The molecule has 0 amide bonds. The molecule has 0 spiro atoms. The number of aliphatic hydroxyl groups is 1. The zero-order valence-electron chi connectivity index (χ0n) is 19.1. The van der Waals surface area contributed by atoms with Gasteiger partial charge in [0.15, 0.2) is 0 Å². The molecule has 0 aromatic carbocycles. The van der Waals surface area contributed by atoms with E-state index in [0.717, 1.165) is 42.4 Å². The van der Waals surface area contributed by atoms with Crippen LogP contribution in [0.5, 0.6) is 0 Å². The average molecular weight is 385 g/mol. The molecule has 0 aliphatic heterocycles. The first-order valence-corrected chi connectivity index (χ1v) is 12.3. The van der Waals surface area contributed by atoms with Gasteiger partial charge in [0.25, 0.3) is 0 Å². The van der Waals surface area contributed by atoms with Crippen molar-refractivity contribution in [3.05, 3.63) is 23.3 Å². The first kappa shape index (κ1) is 20.7. The molecule has 7 atom stereocenters. The van der Waals surface area contributed by atoms with E-state index in [-0.39, 0.29) is 6.10 Å². The van der Waals surface area contributed by atoms with Crippen molar-refractivity contribution in [3.63, 3.8) is 0 Å². The van der Waals surface area contributed by atoms with E-state index < -0.39 is 0 Å². The van der Waals surface area contributed by atoms with E-state index in [4.69, 9.17) is 0 Å². The predicted molar refractivity (Wildman–Crippen MR) is 119 cm³/mol. The maximum Gasteiger partial charge on any atom is 0.0578 e. The molecule has 0 saturated heterocycles. The minimum Gasteiger partial charge on any atom is -0.393 e. The maximum absolute atomic E-state index is 10.2. The normalized spacial score (nSPS) is 43.7. The number of allylic oxidation sites excluding steroid dienone is 3. The lowest BCUT2D eigenvalue weighted by atomic mass is 9.50. The van der Waals surface area contributed by atoms with Crippen molar-refractivity contribution in [2.45, 2.75) is 105 Å². The molecule has 1 N–H and O–H groups in total. The SMILES string of the molecule is CC(C)CCC[C@H](C)[C@H]1CC[C@@H]2C3=CC=C4C[C@@H](O)CC[C@]4(C)[C@H]3CC[C@@]21C. The molecule has 0 radical (unpaired) electrons. The van der Waals surface area contributed by atoms with Crippen LogP contribution in [0.2, 0.25) is 0 Å². The summed E-state index contributed by atoms with van der Waals surface area (Å²) >= 11 is 0. The minimum absolute atomic E-state index is 0.106. The molecule has 0 bridgehead atoms. The zero-order chi connectivity index (χ0) is 20.1. The topological polar surface area (TPSA) is 20.2 Å². The summed E-state index contributed by atoms with van der Waals surface area (Å²) in [5, 5.41) is 10.2. The van der Waals surface area contributed by atoms with Gasteiger partial charge >= 0.3 is 0 Å². The molecule has 3 fully saturated rings. The molecular weight excluding hydrogens is 340 g/mol. The van der Waals surface area contributed by atoms with E-state index in [9.17, 15) is 5.11 Å². The van der Waals surface area contributed by atoms with E-state index in [1.54, 1.807) is 11.1 Å². The highest BCUT2D eigenvalue weighted by atomic mass is 16.3. The van der Waals surface area contributed by atoms with Crippen LogP contribution < -0.4 is 0 Å². The van der Waals surface area contributed by atoms with Gasteiger partial charge in [0.1, 0.15) is 0 Å². The summed E-state index contributed by atoms with van der Waals surface area (Å²) in [6.07, 6.45) is 17.8. The fraction of sp³-hybridized carbons (Fsp3) is 0.852. The average Bonchev–Trinajstić information content (AvgIpc) is 2.99. The summed E-state index contributed by atoms with van der Waals surface area (Å²) in [7, 11) is 0. The van der Waals surface area contributed by atoms with Gasteiger partial charge in [-0.25, -0.2) is 0 Å². The Labute approximate surface area is 174 Å². The lowest BCUT2D eigenvalue weighted by Gasteiger charge is -2.55. The monoisotopic (exact) mass is 384 g/mol. The molecule has 0 aromatic heterocycles. The summed E-state index contributed by atoms with van der Waals surface area (Å²) in [6.45, 7) is 12.5. The highest BCUT2D eigenvalue weighted by Crippen LogP contribution is 2.66. The Morgan fingerprint density at radius 2 is 1.75 bits per heavy atom. The highest BCUT2D eigenvalue weighted by molar-refractivity contribution is 5.38. The van der Waals surface area contributed by atoms with Crippen LogP contribution in [0.1, 0.15) is 98.8 Å². The summed E-state index contributed by atoms with van der Waals surface area (Å²) in [4.78, 5) is 0. The highest BCUT2D eigenvalue weighted by Gasteiger charge is 2.56. The number of hydrogen-bond donors (Lipinski definition) is 1. The van der Waals surface area contributed by atoms with E-state index in [0.29, 0.717) is 10.8 Å². The molecular formula is C27H44O. The van der Waals surface area contributed by atoms with Gasteiger partial charge in [-0.3, -0.25) is 0 Å². The smallest absolute Gasteiger partial charge is 0.0578 e. The van der Waals surface area contributed by atoms with Crippen LogP contribution in [0.4, 0.5) is 0 Å². The summed E-state index contributed by atoms with van der Waals surface area (Å²) in [5.41, 5.74) is 4.19. The Kier molecular flexibility index (Phi) is 5.62. The molecule has 158 valence electrons. The zero-order valence-corrected chi connectivity index (χ0v) is 19.1. The van der Waals surface area contributed by atoms with Crippen molar-refractivity contribution in [1.82, 2.24) is 0 Å². The molecule has 4 aliphatic carbocycles. The number of fused-ring (bicyclic) bond motifs is 5. The largest absolute Gasteiger partial charge is 0.393 e. The van der Waals surface area contributed by atoms with E-state index >= 15 is 0 Å². The van der Waals surface area contributed by atoms with Crippen LogP contribution in [0, 0.1) is 40.4 Å². The summed E-state index contributed by atoms with van der Waals surface area (Å²) in [6, 6.07) is 0. The molecule has 4 aliphatic rings. The predicted octanol–water partition coefficient (Wildman–Crippen LogP) is 7.31. The van der Waals surface area contributed by atoms with Gasteiger partial charge < -0.3 is 5.11 Å². The van der Waals surface area contributed by atoms with E-state index in [2.05, 4.69) is 46.8 Å². The standard InChI is InChI=1S/C27H44O/c1-18(2)7-6-8-19(3)23-11-12-24-22-10-9-20-17-21(28)13-15-26(20,4)25(22)14-16-27(23,24)5/h9-10,18-19,21,23-25,28H,6-8,11-17H2,1-5H3/t19-,21-,23+,24+,25-,26-,27+/m0/s1. The Morgan fingerprint density at radius 1 is 0.964 bits per heavy atom. The third kappa shape index (κ3) is 3.34. The van der Waals surface area contributed by atoms with Gasteiger partial charge in [0, 0.05) is 0 Å². The molecule has 3 saturated carbocycles. The van der Waals surface area contributed by atoms with Gasteiger partial charge in [0.05, 0.1) is 6.10 Å². The van der Waals surface area contributed by atoms with Crippen molar-refractivity contribution in [3.8, 4) is 0 Å². The van der Waals surface area contributed by atoms with Gasteiger partial charge in [-0.05, 0) is 85.4 Å². The van der Waals surface area contributed by atoms with Crippen molar-refractivity contribution >= 4 is 0 Å². The van der Waals surface area contributed by atoms with Crippen LogP contribution in [-0.4, -0.2) is 11.2 Å². The first-order chi connectivity index (χ1) is 13.3. The number of rotatable bonds is 5. The van der Waals surface area contributed by atoms with Crippen LogP contribution in [0.25, 0.3) is 0 Å². The number of hydrogen-bond acceptors (Lipinski definition) is 1. The first-order valence-electron chi connectivity index (χ1n) is 12.3. The van der Waals surface area contributed by atoms with Crippen LogP contribution >= 0.6 is 0 Å². The Bertz CT molecular complexity index is 643. The maximum atomic E-state index is 10.2. The molecule has 4 rings (SSSR count). The fourth-order valence-electron chi connectivity index (χ4n) is 8.01. The third-order valence-electron chi connectivity index (χ3n) is 9.75.